The fraction of sp³-hybridized carbons (Fsp3) is 0.867. The highest BCUT2D eigenvalue weighted by atomic mass is 14.4. The van der Waals surface area contributed by atoms with E-state index in [2.05, 4.69) is 62.0 Å². The van der Waals surface area contributed by atoms with Gasteiger partial charge in [0.15, 0.2) is 0 Å². The Hall–Kier alpha value is -0.260. The number of hydrogen-bond donors (Lipinski definition) is 0. The molecule has 0 aliphatic rings. The van der Waals surface area contributed by atoms with Crippen molar-refractivity contribution in [1.29, 1.82) is 0 Å². The minimum absolute atomic E-state index is 0.255. The molecule has 0 nitrogen and oxygen atoms in total. The van der Waals surface area contributed by atoms with E-state index in [0.29, 0.717) is 11.3 Å². The number of allylic oxidation sites excluding steroid dienone is 1. The normalized spacial score (nSPS) is 17.3. The van der Waals surface area contributed by atoms with Gasteiger partial charge in [0.2, 0.25) is 0 Å². The quantitative estimate of drug-likeness (QED) is 0.553. The van der Waals surface area contributed by atoms with Crippen LogP contribution in [0.2, 0.25) is 0 Å². The molecule has 2 atom stereocenters. The third-order valence-electron chi connectivity index (χ3n) is 4.03. The SMILES string of the molecule is C=C(C)C(C)(C)C(C)C(C)CC(C)(C)C. The first-order chi connectivity index (χ1) is 6.48. The fourth-order valence-electron chi connectivity index (χ4n) is 2.24. The standard InChI is InChI=1S/C15H30/c1-11(2)15(8,9)13(4)12(3)10-14(5,6)7/h12-13H,1,10H2,2-9H3. The molecule has 0 fully saturated rings. The van der Waals surface area contributed by atoms with Crippen molar-refractivity contribution < 1.29 is 0 Å². The first kappa shape index (κ1) is 14.7. The third kappa shape index (κ3) is 4.40. The molecule has 0 heterocycles. The van der Waals surface area contributed by atoms with Crippen molar-refractivity contribution in [2.75, 3.05) is 0 Å². The van der Waals surface area contributed by atoms with E-state index in [1.165, 1.54) is 12.0 Å². The van der Waals surface area contributed by atoms with Gasteiger partial charge in [0.25, 0.3) is 0 Å². The average Bonchev–Trinajstić information content (AvgIpc) is 1.99. The second-order valence-corrected chi connectivity index (χ2v) is 7.03. The van der Waals surface area contributed by atoms with Crippen LogP contribution in [0.25, 0.3) is 0 Å². The molecule has 0 aliphatic carbocycles. The summed E-state index contributed by atoms with van der Waals surface area (Å²) in [5.41, 5.74) is 1.99. The zero-order chi connectivity index (χ0) is 12.4. The van der Waals surface area contributed by atoms with Crippen molar-refractivity contribution in [2.24, 2.45) is 22.7 Å². The molecule has 0 N–H and O–H groups in total. The molecule has 0 bridgehead atoms. The van der Waals surface area contributed by atoms with Crippen molar-refractivity contribution in [1.82, 2.24) is 0 Å². The first-order valence-electron chi connectivity index (χ1n) is 6.14. The van der Waals surface area contributed by atoms with Gasteiger partial charge in [0, 0.05) is 0 Å². The summed E-state index contributed by atoms with van der Waals surface area (Å²) >= 11 is 0. The molecule has 0 aromatic heterocycles. The van der Waals surface area contributed by atoms with E-state index in [1.54, 1.807) is 0 Å². The molecule has 0 rings (SSSR count). The Morgan fingerprint density at radius 3 is 1.73 bits per heavy atom. The zero-order valence-corrected chi connectivity index (χ0v) is 12.1. The Kier molecular flexibility index (Phi) is 4.64. The lowest BCUT2D eigenvalue weighted by Gasteiger charge is -2.39. The minimum Gasteiger partial charge on any atom is -0.0996 e. The number of hydrogen-bond acceptors (Lipinski definition) is 0. The van der Waals surface area contributed by atoms with E-state index >= 15 is 0 Å². The van der Waals surface area contributed by atoms with E-state index < -0.39 is 0 Å². The maximum absolute atomic E-state index is 4.13. The lowest BCUT2D eigenvalue weighted by atomic mass is 9.66. The molecule has 0 aromatic carbocycles. The van der Waals surface area contributed by atoms with Crippen LogP contribution in [0.4, 0.5) is 0 Å². The van der Waals surface area contributed by atoms with Gasteiger partial charge in [-0.2, -0.15) is 0 Å². The summed E-state index contributed by atoms with van der Waals surface area (Å²) in [6.45, 7) is 22.6. The van der Waals surface area contributed by atoms with Crippen LogP contribution in [0, 0.1) is 22.7 Å². The summed E-state index contributed by atoms with van der Waals surface area (Å²) in [6.07, 6.45) is 1.28. The van der Waals surface area contributed by atoms with Gasteiger partial charge < -0.3 is 0 Å². The van der Waals surface area contributed by atoms with Gasteiger partial charge in [0.05, 0.1) is 0 Å². The second-order valence-electron chi connectivity index (χ2n) is 7.03. The molecule has 90 valence electrons. The molecule has 0 spiro atoms. The smallest absolute Gasteiger partial charge is 0.0122 e. The summed E-state index contributed by atoms with van der Waals surface area (Å²) in [5.74, 6) is 1.44. The predicted molar refractivity (Wildman–Crippen MR) is 71.0 cm³/mol. The Morgan fingerprint density at radius 2 is 1.47 bits per heavy atom. The van der Waals surface area contributed by atoms with Gasteiger partial charge in [-0.25, -0.2) is 0 Å². The molecule has 0 saturated carbocycles. The first-order valence-corrected chi connectivity index (χ1v) is 6.14. The fourth-order valence-corrected chi connectivity index (χ4v) is 2.24. The summed E-state index contributed by atoms with van der Waals surface area (Å²) in [4.78, 5) is 0. The van der Waals surface area contributed by atoms with Gasteiger partial charge in [-0.05, 0) is 36.0 Å². The van der Waals surface area contributed by atoms with Crippen LogP contribution in [0.15, 0.2) is 12.2 Å². The van der Waals surface area contributed by atoms with Gasteiger partial charge in [0.1, 0.15) is 0 Å². The van der Waals surface area contributed by atoms with Gasteiger partial charge in [-0.3, -0.25) is 0 Å². The average molecular weight is 210 g/mol. The van der Waals surface area contributed by atoms with Crippen LogP contribution in [0.3, 0.4) is 0 Å². The van der Waals surface area contributed by atoms with Crippen molar-refractivity contribution in [3.05, 3.63) is 12.2 Å². The Labute approximate surface area is 97.2 Å². The molecular formula is C15H30. The van der Waals surface area contributed by atoms with E-state index in [0.717, 1.165) is 5.92 Å². The monoisotopic (exact) mass is 210 g/mol. The predicted octanol–water partition coefficient (Wildman–Crippen LogP) is 5.30. The molecular weight excluding hydrogens is 180 g/mol. The van der Waals surface area contributed by atoms with Gasteiger partial charge in [-0.1, -0.05) is 60.6 Å². The van der Waals surface area contributed by atoms with E-state index in [1.807, 2.05) is 0 Å². The Balaban J connectivity index is 4.58. The highest BCUT2D eigenvalue weighted by molar-refractivity contribution is 5.06. The maximum Gasteiger partial charge on any atom is -0.0122 e. The molecule has 0 amide bonds. The third-order valence-corrected chi connectivity index (χ3v) is 4.03. The highest BCUT2D eigenvalue weighted by Gasteiger charge is 2.32. The van der Waals surface area contributed by atoms with E-state index in [4.69, 9.17) is 0 Å². The number of rotatable bonds is 4. The lowest BCUT2D eigenvalue weighted by Crippen LogP contribution is -2.30. The zero-order valence-electron chi connectivity index (χ0n) is 12.1. The van der Waals surface area contributed by atoms with Crippen LogP contribution < -0.4 is 0 Å². The van der Waals surface area contributed by atoms with Crippen molar-refractivity contribution in [3.63, 3.8) is 0 Å². The molecule has 0 aliphatic heterocycles. The lowest BCUT2D eigenvalue weighted by molar-refractivity contribution is 0.160. The molecule has 15 heavy (non-hydrogen) atoms. The minimum atomic E-state index is 0.255. The maximum atomic E-state index is 4.13. The largest absolute Gasteiger partial charge is 0.0996 e. The molecule has 0 heteroatoms. The molecule has 0 saturated heterocycles. The second kappa shape index (κ2) is 4.72. The molecule has 0 radical (unpaired) electrons. The Morgan fingerprint density at radius 1 is 1.07 bits per heavy atom. The summed E-state index contributed by atoms with van der Waals surface area (Å²) in [7, 11) is 0. The van der Waals surface area contributed by atoms with E-state index in [-0.39, 0.29) is 5.41 Å². The molecule has 0 aromatic rings. The van der Waals surface area contributed by atoms with Crippen LogP contribution >= 0.6 is 0 Å². The van der Waals surface area contributed by atoms with Crippen LogP contribution in [-0.4, -0.2) is 0 Å². The van der Waals surface area contributed by atoms with Crippen LogP contribution in [0.5, 0.6) is 0 Å². The Bertz CT molecular complexity index is 215. The topological polar surface area (TPSA) is 0 Å². The highest BCUT2D eigenvalue weighted by Crippen LogP contribution is 2.41. The summed E-state index contributed by atoms with van der Waals surface area (Å²) in [5, 5.41) is 0. The summed E-state index contributed by atoms with van der Waals surface area (Å²) < 4.78 is 0. The van der Waals surface area contributed by atoms with Crippen LogP contribution in [-0.2, 0) is 0 Å². The summed E-state index contributed by atoms with van der Waals surface area (Å²) in [6, 6.07) is 0. The van der Waals surface area contributed by atoms with Crippen molar-refractivity contribution in [2.45, 2.75) is 61.8 Å². The van der Waals surface area contributed by atoms with Crippen LogP contribution in [0.1, 0.15) is 61.8 Å². The molecule has 2 unspecified atom stereocenters. The van der Waals surface area contributed by atoms with E-state index in [9.17, 15) is 0 Å². The van der Waals surface area contributed by atoms with Crippen molar-refractivity contribution >= 4 is 0 Å². The van der Waals surface area contributed by atoms with Crippen molar-refractivity contribution in [3.8, 4) is 0 Å². The van der Waals surface area contributed by atoms with Gasteiger partial charge >= 0.3 is 0 Å². The van der Waals surface area contributed by atoms with Gasteiger partial charge in [-0.15, -0.1) is 0 Å².